The third kappa shape index (κ3) is 6.30. The zero-order chi connectivity index (χ0) is 57.7. The summed E-state index contributed by atoms with van der Waals surface area (Å²) in [5, 5.41) is 0. The first-order chi connectivity index (χ1) is 44.2. The summed E-state index contributed by atoms with van der Waals surface area (Å²) in [5.41, 5.74) is 32.0. The van der Waals surface area contributed by atoms with Gasteiger partial charge in [-0.15, -0.1) is 0 Å². The predicted molar refractivity (Wildman–Crippen MR) is 372 cm³/mol. The van der Waals surface area contributed by atoms with Crippen molar-refractivity contribution < 1.29 is 9.47 Å². The molecule has 0 bridgehead atoms. The fourth-order valence-electron chi connectivity index (χ4n) is 17.0. The summed E-state index contributed by atoms with van der Waals surface area (Å²) < 4.78 is 14.7. The molecule has 11 heteroatoms. The summed E-state index contributed by atoms with van der Waals surface area (Å²) in [6.45, 7) is -0.465. The second-order valence-corrected chi connectivity index (χ2v) is 24.6. The van der Waals surface area contributed by atoms with Gasteiger partial charge in [0, 0.05) is 97.4 Å². The maximum absolute atomic E-state index is 7.84. The molecule has 0 saturated heterocycles. The van der Waals surface area contributed by atoms with Crippen molar-refractivity contribution in [3.8, 4) is 23.0 Å². The first kappa shape index (κ1) is 47.9. The van der Waals surface area contributed by atoms with Crippen molar-refractivity contribution in [1.82, 2.24) is 0 Å². The largest absolute Gasteiger partial charge is 0.458 e. The summed E-state index contributed by atoms with van der Waals surface area (Å²) in [6.07, 6.45) is 0. The predicted octanol–water partition coefficient (Wildman–Crippen LogP) is 11.2. The molecule has 0 saturated carbocycles. The Bertz CT molecular complexity index is 5250. The van der Waals surface area contributed by atoms with E-state index in [9.17, 15) is 0 Å². The van der Waals surface area contributed by atoms with Crippen LogP contribution < -0.4 is 99.5 Å². The number of para-hydroxylation sites is 8. The van der Waals surface area contributed by atoms with Gasteiger partial charge in [0.2, 0.25) is 0 Å². The first-order valence-corrected chi connectivity index (χ1v) is 31.0. The molecule has 0 spiro atoms. The fourth-order valence-corrected chi connectivity index (χ4v) is 17.0. The molecule has 0 unspecified atom stereocenters. The molecule has 21 rings (SSSR count). The van der Waals surface area contributed by atoms with Crippen LogP contribution in [0.5, 0.6) is 23.0 Å². The lowest BCUT2D eigenvalue weighted by Gasteiger charge is -2.50. The summed E-state index contributed by atoms with van der Waals surface area (Å²) in [6, 6.07) is 106. The SMILES string of the molecule is c1ccc(N2c3cc4c(cc3B3c5ccccc5Oc5cccc2c53)B2c3ccccc3N3c5ccccc5B5c6cc7c(cc6Oc6cc(c2c3c65)N4c2ccccc2)N(c2ccccc2)c2cccc3c2B7c2ccccc2N3c2ccccc2)cc1. The Labute approximate surface area is 516 Å². The normalized spacial score (nSPS) is 14.5. The van der Waals surface area contributed by atoms with Gasteiger partial charge in [-0.05, 0) is 169 Å². The highest BCUT2D eigenvalue weighted by molar-refractivity contribution is 7.06. The van der Waals surface area contributed by atoms with E-state index < -0.39 is 0 Å². The van der Waals surface area contributed by atoms with E-state index in [1.807, 2.05) is 0 Å². The van der Waals surface area contributed by atoms with Gasteiger partial charge in [0.1, 0.15) is 23.0 Å². The van der Waals surface area contributed by atoms with Crippen LogP contribution in [0.1, 0.15) is 0 Å². The Hall–Kier alpha value is -11.3. The van der Waals surface area contributed by atoms with Gasteiger partial charge >= 0.3 is 0 Å². The number of ether oxygens (including phenoxy) is 2. The van der Waals surface area contributed by atoms with Gasteiger partial charge in [-0.1, -0.05) is 170 Å². The van der Waals surface area contributed by atoms with Gasteiger partial charge in [0.15, 0.2) is 0 Å². The summed E-state index contributed by atoms with van der Waals surface area (Å²) in [4.78, 5) is 12.6. The number of hydrogen-bond donors (Lipinski definition) is 0. The van der Waals surface area contributed by atoms with Crippen LogP contribution in [0.15, 0.2) is 285 Å². The number of benzene rings is 13. The molecule has 0 aliphatic carbocycles. The van der Waals surface area contributed by atoms with Crippen LogP contribution in [0.25, 0.3) is 0 Å². The molecule has 0 aromatic heterocycles. The summed E-state index contributed by atoms with van der Waals surface area (Å²) >= 11 is 0. The molecule has 8 heterocycles. The van der Waals surface area contributed by atoms with Crippen molar-refractivity contribution in [3.05, 3.63) is 285 Å². The lowest BCUT2D eigenvalue weighted by molar-refractivity contribution is 0.487. The molecule has 89 heavy (non-hydrogen) atoms. The first-order valence-electron chi connectivity index (χ1n) is 31.0. The molecule has 0 amide bonds. The molecule has 0 atom stereocenters. The zero-order valence-corrected chi connectivity index (χ0v) is 48.0. The van der Waals surface area contributed by atoms with Crippen LogP contribution >= 0.6 is 0 Å². The average Bonchev–Trinajstić information content (AvgIpc) is 0.684. The van der Waals surface area contributed by atoms with Crippen LogP contribution in [-0.2, 0) is 0 Å². The van der Waals surface area contributed by atoms with Crippen LogP contribution in [0.4, 0.5) is 85.3 Å². The van der Waals surface area contributed by atoms with Crippen LogP contribution in [0.3, 0.4) is 0 Å². The molecule has 13 aromatic carbocycles. The van der Waals surface area contributed by atoms with E-state index in [0.29, 0.717) is 0 Å². The average molecular weight is 1130 g/mol. The minimum absolute atomic E-state index is 0.0714. The van der Waals surface area contributed by atoms with Crippen molar-refractivity contribution in [2.45, 2.75) is 0 Å². The standard InChI is InChI=1S/C78H47B4N5O2/c1-5-23-48(24-6-1)83-60-35-17-13-31-52(60)79-58-44-59-72(46-68(58)84(49-25-7-2-8-26-49)64-39-21-38-63(83)74(64)79)89-73-47-69-76-78-77(73)81(59)54-33-15-19-37-62(54)87(78)61-36-18-14-32-53(61)80(76)56-43-57-66(45-67(56)86(69)51-29-11-4-12-30-51)85(50-27-9-3-10-28-50)65-40-22-42-71-75(65)82(57)55-34-16-20-41-70(55)88-71/h1-47H. The quantitative estimate of drug-likeness (QED) is 0.163. The Morgan fingerprint density at radius 2 is 0.551 bits per heavy atom. The molecule has 0 fully saturated rings. The Morgan fingerprint density at radius 3 is 1.11 bits per heavy atom. The number of nitrogens with zero attached hydrogens (tertiary/aromatic N) is 5. The number of anilines is 15. The molecule has 7 nitrogen and oxygen atoms in total. The van der Waals surface area contributed by atoms with Crippen LogP contribution in [0, 0.1) is 0 Å². The van der Waals surface area contributed by atoms with Crippen molar-refractivity contribution in [2.24, 2.45) is 0 Å². The summed E-state index contributed by atoms with van der Waals surface area (Å²) in [5.74, 6) is 3.53. The monoisotopic (exact) mass is 1130 g/mol. The van der Waals surface area contributed by atoms with Crippen molar-refractivity contribution >= 4 is 178 Å². The maximum atomic E-state index is 7.84. The smallest absolute Gasteiger partial charge is 0.256 e. The van der Waals surface area contributed by atoms with Gasteiger partial charge in [0.25, 0.3) is 26.9 Å². The molecule has 0 radical (unpaired) electrons. The Morgan fingerprint density at radius 1 is 0.191 bits per heavy atom. The number of rotatable bonds is 4. The summed E-state index contributed by atoms with van der Waals surface area (Å²) in [7, 11) is 0. The van der Waals surface area contributed by atoms with E-state index in [1.165, 1.54) is 94.0 Å². The second-order valence-electron chi connectivity index (χ2n) is 24.6. The Balaban J connectivity index is 0.843. The molecule has 8 aliphatic rings. The number of hydrogen-bond acceptors (Lipinski definition) is 7. The van der Waals surface area contributed by atoms with Gasteiger partial charge in [-0.2, -0.15) is 0 Å². The van der Waals surface area contributed by atoms with E-state index in [0.717, 1.165) is 79.9 Å². The minimum Gasteiger partial charge on any atom is -0.458 e. The van der Waals surface area contributed by atoms with Crippen LogP contribution in [-0.4, -0.2) is 26.9 Å². The van der Waals surface area contributed by atoms with E-state index >= 15 is 0 Å². The molecular formula is C78H47B4N5O2. The van der Waals surface area contributed by atoms with Gasteiger partial charge in [-0.3, -0.25) is 0 Å². The highest BCUT2D eigenvalue weighted by Gasteiger charge is 2.54. The molecule has 8 aliphatic heterocycles. The maximum Gasteiger partial charge on any atom is 0.256 e. The van der Waals surface area contributed by atoms with Gasteiger partial charge in [0.05, 0.1) is 0 Å². The minimum atomic E-state index is -0.164. The highest BCUT2D eigenvalue weighted by atomic mass is 16.5. The topological polar surface area (TPSA) is 34.7 Å². The Kier molecular flexibility index (Phi) is 9.52. The highest BCUT2D eigenvalue weighted by Crippen LogP contribution is 2.52. The molecule has 408 valence electrons. The third-order valence-electron chi connectivity index (χ3n) is 20.3. The van der Waals surface area contributed by atoms with E-state index in [-0.39, 0.29) is 26.9 Å². The lowest BCUT2D eigenvalue weighted by Crippen LogP contribution is -2.69. The van der Waals surface area contributed by atoms with Gasteiger partial charge in [-0.25, -0.2) is 0 Å². The van der Waals surface area contributed by atoms with Crippen molar-refractivity contribution in [3.63, 3.8) is 0 Å². The number of fused-ring (bicyclic) bond motifs is 18. The van der Waals surface area contributed by atoms with E-state index in [4.69, 9.17) is 9.47 Å². The van der Waals surface area contributed by atoms with E-state index in [1.54, 1.807) is 0 Å². The fraction of sp³-hybridized carbons (Fsp3) is 0. The molecular weight excluding hydrogens is 1080 g/mol. The van der Waals surface area contributed by atoms with Gasteiger partial charge < -0.3 is 34.0 Å². The lowest BCUT2D eigenvalue weighted by atomic mass is 9.27. The third-order valence-corrected chi connectivity index (χ3v) is 20.3. The van der Waals surface area contributed by atoms with Crippen molar-refractivity contribution in [1.29, 1.82) is 0 Å². The molecule has 0 N–H and O–H groups in total. The zero-order valence-electron chi connectivity index (χ0n) is 48.0. The molecule has 13 aromatic rings. The van der Waals surface area contributed by atoms with Crippen molar-refractivity contribution in [2.75, 3.05) is 24.5 Å². The van der Waals surface area contributed by atoms with E-state index in [2.05, 4.69) is 310 Å². The second kappa shape index (κ2) is 17.7. The van der Waals surface area contributed by atoms with Crippen LogP contribution in [0.2, 0.25) is 0 Å².